The molecule has 2 heteroatoms. The molecule has 0 amide bonds. The highest BCUT2D eigenvalue weighted by atomic mass is 16.1. The van der Waals surface area contributed by atoms with Crippen molar-refractivity contribution in [2.24, 2.45) is 5.92 Å². The van der Waals surface area contributed by atoms with E-state index in [4.69, 9.17) is 0 Å². The standard InChI is InChI=1S/C10H13BO/c1-7(2)10(12)8-3-5-9(11)6-4-8/h3-7H,11H2,1-2H3. The van der Waals surface area contributed by atoms with Gasteiger partial charge in [-0.3, -0.25) is 4.79 Å². The van der Waals surface area contributed by atoms with Gasteiger partial charge in [0.25, 0.3) is 0 Å². The van der Waals surface area contributed by atoms with Crippen LogP contribution < -0.4 is 5.46 Å². The minimum absolute atomic E-state index is 0.0905. The first-order valence-corrected chi connectivity index (χ1v) is 4.22. The second-order valence-corrected chi connectivity index (χ2v) is 3.38. The second-order valence-electron chi connectivity index (χ2n) is 3.38. The average molecular weight is 160 g/mol. The van der Waals surface area contributed by atoms with E-state index in [9.17, 15) is 4.79 Å². The highest BCUT2D eigenvalue weighted by molar-refractivity contribution is 6.32. The number of carbonyl (C=O) groups excluding carboxylic acids is 1. The monoisotopic (exact) mass is 160 g/mol. The molecule has 0 spiro atoms. The Labute approximate surface area is 74.2 Å². The summed E-state index contributed by atoms with van der Waals surface area (Å²) >= 11 is 0. The lowest BCUT2D eigenvalue weighted by atomic mass is 9.93. The van der Waals surface area contributed by atoms with E-state index in [0.29, 0.717) is 0 Å². The van der Waals surface area contributed by atoms with Gasteiger partial charge < -0.3 is 0 Å². The van der Waals surface area contributed by atoms with E-state index in [0.717, 1.165) is 5.56 Å². The summed E-state index contributed by atoms with van der Waals surface area (Å²) in [7, 11) is 2.02. The van der Waals surface area contributed by atoms with Crippen molar-refractivity contribution < 1.29 is 4.79 Å². The molecule has 0 aliphatic carbocycles. The number of ketones is 1. The van der Waals surface area contributed by atoms with Crippen LogP contribution in [-0.2, 0) is 0 Å². The maximum Gasteiger partial charge on any atom is 0.165 e. The molecular weight excluding hydrogens is 147 g/mol. The molecule has 0 atom stereocenters. The van der Waals surface area contributed by atoms with E-state index in [1.807, 2.05) is 46.0 Å². The van der Waals surface area contributed by atoms with Gasteiger partial charge in [-0.1, -0.05) is 43.6 Å². The Hall–Kier alpha value is -1.05. The van der Waals surface area contributed by atoms with Crippen molar-refractivity contribution in [3.63, 3.8) is 0 Å². The Morgan fingerprint density at radius 3 is 2.17 bits per heavy atom. The van der Waals surface area contributed by atoms with Gasteiger partial charge in [0.15, 0.2) is 5.78 Å². The van der Waals surface area contributed by atoms with Crippen LogP contribution in [0.1, 0.15) is 24.2 Å². The van der Waals surface area contributed by atoms with Crippen LogP contribution in [-0.4, -0.2) is 13.6 Å². The van der Waals surface area contributed by atoms with Crippen LogP contribution in [0.25, 0.3) is 0 Å². The summed E-state index contributed by atoms with van der Waals surface area (Å²) in [5.41, 5.74) is 2.01. The number of hydrogen-bond acceptors (Lipinski definition) is 1. The van der Waals surface area contributed by atoms with Crippen LogP contribution in [0.15, 0.2) is 24.3 Å². The molecule has 1 nitrogen and oxygen atoms in total. The Morgan fingerprint density at radius 2 is 1.75 bits per heavy atom. The summed E-state index contributed by atoms with van der Waals surface area (Å²) in [6.07, 6.45) is 0. The average Bonchev–Trinajstić information content (AvgIpc) is 2.04. The molecular formula is C10H13BO. The van der Waals surface area contributed by atoms with E-state index in [2.05, 4.69) is 0 Å². The molecule has 12 heavy (non-hydrogen) atoms. The van der Waals surface area contributed by atoms with E-state index in [1.54, 1.807) is 0 Å². The Bertz CT molecular complexity index is 274. The molecule has 0 radical (unpaired) electrons. The third-order valence-electron chi connectivity index (χ3n) is 1.86. The van der Waals surface area contributed by atoms with Crippen LogP contribution >= 0.6 is 0 Å². The molecule has 1 aromatic rings. The minimum atomic E-state index is 0.0905. The van der Waals surface area contributed by atoms with Gasteiger partial charge in [0.05, 0.1) is 0 Å². The molecule has 0 bridgehead atoms. The fourth-order valence-electron chi connectivity index (χ4n) is 1.05. The summed E-state index contributed by atoms with van der Waals surface area (Å²) in [5, 5.41) is 0. The van der Waals surface area contributed by atoms with E-state index in [1.165, 1.54) is 5.46 Å². The Balaban J connectivity index is 2.90. The number of rotatable bonds is 2. The molecule has 0 aliphatic heterocycles. The zero-order valence-electron chi connectivity index (χ0n) is 7.79. The normalized spacial score (nSPS) is 10.2. The fraction of sp³-hybridized carbons (Fsp3) is 0.300. The Kier molecular flexibility index (Phi) is 2.69. The lowest BCUT2D eigenvalue weighted by molar-refractivity contribution is 0.0939. The van der Waals surface area contributed by atoms with Gasteiger partial charge in [-0.15, -0.1) is 0 Å². The van der Waals surface area contributed by atoms with Crippen molar-refractivity contribution in [2.45, 2.75) is 13.8 Å². The van der Waals surface area contributed by atoms with Crippen molar-refractivity contribution in [3.8, 4) is 0 Å². The molecule has 1 rings (SSSR count). The summed E-state index contributed by atoms with van der Waals surface area (Å²) in [6, 6.07) is 7.71. The lowest BCUT2D eigenvalue weighted by Crippen LogP contribution is -2.09. The quantitative estimate of drug-likeness (QED) is 0.461. The highest BCUT2D eigenvalue weighted by Crippen LogP contribution is 2.05. The van der Waals surface area contributed by atoms with Crippen molar-refractivity contribution >= 4 is 19.1 Å². The molecule has 0 saturated heterocycles. The summed E-state index contributed by atoms with van der Waals surface area (Å²) in [4.78, 5) is 11.5. The van der Waals surface area contributed by atoms with E-state index >= 15 is 0 Å². The Morgan fingerprint density at radius 1 is 1.25 bits per heavy atom. The first-order chi connectivity index (χ1) is 5.61. The molecule has 0 N–H and O–H groups in total. The molecule has 0 aromatic heterocycles. The van der Waals surface area contributed by atoms with Gasteiger partial charge in [-0.25, -0.2) is 0 Å². The lowest BCUT2D eigenvalue weighted by Gasteiger charge is -2.03. The van der Waals surface area contributed by atoms with Crippen LogP contribution in [0.5, 0.6) is 0 Å². The topological polar surface area (TPSA) is 17.1 Å². The highest BCUT2D eigenvalue weighted by Gasteiger charge is 2.08. The smallest absolute Gasteiger partial charge is 0.165 e. The number of Topliss-reactive ketones (excluding diaryl/α,β-unsaturated/α-hetero) is 1. The summed E-state index contributed by atoms with van der Waals surface area (Å²) in [5.74, 6) is 0.308. The van der Waals surface area contributed by atoms with E-state index < -0.39 is 0 Å². The summed E-state index contributed by atoms with van der Waals surface area (Å²) < 4.78 is 0. The van der Waals surface area contributed by atoms with Gasteiger partial charge >= 0.3 is 0 Å². The molecule has 62 valence electrons. The maximum absolute atomic E-state index is 11.5. The van der Waals surface area contributed by atoms with Crippen molar-refractivity contribution in [2.75, 3.05) is 0 Å². The van der Waals surface area contributed by atoms with Crippen LogP contribution in [0.4, 0.5) is 0 Å². The van der Waals surface area contributed by atoms with Crippen molar-refractivity contribution in [3.05, 3.63) is 29.8 Å². The van der Waals surface area contributed by atoms with Gasteiger partial charge in [0.1, 0.15) is 7.85 Å². The van der Waals surface area contributed by atoms with Crippen molar-refractivity contribution in [1.82, 2.24) is 0 Å². The molecule has 0 aliphatic rings. The fourth-order valence-corrected chi connectivity index (χ4v) is 1.05. The third-order valence-corrected chi connectivity index (χ3v) is 1.86. The van der Waals surface area contributed by atoms with E-state index in [-0.39, 0.29) is 11.7 Å². The SMILES string of the molecule is Bc1ccc(C(=O)C(C)C)cc1. The zero-order valence-corrected chi connectivity index (χ0v) is 7.79. The number of carbonyl (C=O) groups is 1. The largest absolute Gasteiger partial charge is 0.294 e. The second kappa shape index (κ2) is 3.57. The van der Waals surface area contributed by atoms with Crippen LogP contribution in [0.3, 0.4) is 0 Å². The molecule has 0 saturated carbocycles. The molecule has 0 unspecified atom stereocenters. The van der Waals surface area contributed by atoms with Gasteiger partial charge in [0, 0.05) is 11.5 Å². The van der Waals surface area contributed by atoms with Gasteiger partial charge in [-0.2, -0.15) is 0 Å². The van der Waals surface area contributed by atoms with Crippen molar-refractivity contribution in [1.29, 1.82) is 0 Å². The third kappa shape index (κ3) is 1.97. The zero-order chi connectivity index (χ0) is 9.14. The minimum Gasteiger partial charge on any atom is -0.294 e. The number of hydrogen-bond donors (Lipinski definition) is 0. The number of benzene rings is 1. The molecule has 1 aromatic carbocycles. The maximum atomic E-state index is 11.5. The first-order valence-electron chi connectivity index (χ1n) is 4.22. The predicted octanol–water partition coefficient (Wildman–Crippen LogP) is 0.784. The molecule has 0 fully saturated rings. The van der Waals surface area contributed by atoms with Crippen LogP contribution in [0.2, 0.25) is 0 Å². The van der Waals surface area contributed by atoms with Crippen LogP contribution in [0, 0.1) is 5.92 Å². The van der Waals surface area contributed by atoms with Gasteiger partial charge in [0.2, 0.25) is 0 Å². The first kappa shape index (κ1) is 9.05. The molecule has 0 heterocycles. The van der Waals surface area contributed by atoms with Gasteiger partial charge in [-0.05, 0) is 0 Å². The predicted molar refractivity (Wildman–Crippen MR) is 53.8 cm³/mol. The summed E-state index contributed by atoms with van der Waals surface area (Å²) in [6.45, 7) is 3.84.